The molecule has 1 unspecified atom stereocenters. The van der Waals surface area contributed by atoms with Gasteiger partial charge in [0.2, 0.25) is 0 Å². The quantitative estimate of drug-likeness (QED) is 0.414. The Balaban J connectivity index is 1.82. The van der Waals surface area contributed by atoms with E-state index in [1.165, 1.54) is 0 Å². The average Bonchev–Trinajstić information content (AvgIpc) is 3.44. The van der Waals surface area contributed by atoms with Gasteiger partial charge in [0.25, 0.3) is 11.7 Å². The molecule has 0 radical (unpaired) electrons. The SMILES string of the molecule is Cc1ccc(C2/C(=C(/O)c3ccc(OC(C)C)c(C)c3)C(=O)C(=O)N2C2CCCC2)o1. The Bertz CT molecular complexity index is 1040. The van der Waals surface area contributed by atoms with Crippen molar-refractivity contribution in [3.05, 3.63) is 58.6 Å². The third-order valence-electron chi connectivity index (χ3n) is 6.04. The van der Waals surface area contributed by atoms with Crippen LogP contribution in [0.3, 0.4) is 0 Å². The van der Waals surface area contributed by atoms with Crippen molar-refractivity contribution in [2.24, 2.45) is 0 Å². The van der Waals surface area contributed by atoms with E-state index < -0.39 is 17.7 Å². The van der Waals surface area contributed by atoms with Crippen molar-refractivity contribution in [1.29, 1.82) is 0 Å². The van der Waals surface area contributed by atoms with Crippen molar-refractivity contribution in [2.45, 2.75) is 71.6 Å². The number of hydrogen-bond donors (Lipinski definition) is 1. The fourth-order valence-electron chi connectivity index (χ4n) is 4.63. The molecule has 1 aliphatic carbocycles. The highest BCUT2D eigenvalue weighted by Crippen LogP contribution is 2.44. The third kappa shape index (κ3) is 3.87. The molecule has 2 aromatic rings. The summed E-state index contributed by atoms with van der Waals surface area (Å²) in [5, 5.41) is 11.2. The molecule has 2 aliphatic rings. The van der Waals surface area contributed by atoms with E-state index in [2.05, 4.69) is 0 Å². The lowest BCUT2D eigenvalue weighted by atomic mass is 9.98. The van der Waals surface area contributed by atoms with Crippen molar-refractivity contribution in [3.8, 4) is 5.75 Å². The molecule has 2 heterocycles. The molecule has 6 heteroatoms. The second kappa shape index (κ2) is 8.25. The maximum Gasteiger partial charge on any atom is 0.296 e. The van der Waals surface area contributed by atoms with Gasteiger partial charge in [0.15, 0.2) is 0 Å². The van der Waals surface area contributed by atoms with Gasteiger partial charge in [-0.05, 0) is 76.4 Å². The summed E-state index contributed by atoms with van der Waals surface area (Å²) in [5.74, 6) is 0.500. The Hall–Kier alpha value is -3.02. The number of furan rings is 1. The Labute approximate surface area is 182 Å². The third-order valence-corrected chi connectivity index (χ3v) is 6.04. The van der Waals surface area contributed by atoms with Crippen molar-refractivity contribution < 1.29 is 23.8 Å². The summed E-state index contributed by atoms with van der Waals surface area (Å²) in [5.41, 5.74) is 1.41. The summed E-state index contributed by atoms with van der Waals surface area (Å²) in [6.45, 7) is 7.60. The lowest BCUT2D eigenvalue weighted by Crippen LogP contribution is -2.37. The van der Waals surface area contributed by atoms with Crippen LogP contribution in [-0.2, 0) is 9.59 Å². The number of hydrogen-bond acceptors (Lipinski definition) is 5. The van der Waals surface area contributed by atoms with Crippen molar-refractivity contribution in [3.63, 3.8) is 0 Å². The zero-order valence-electron chi connectivity index (χ0n) is 18.5. The Morgan fingerprint density at radius 3 is 2.42 bits per heavy atom. The highest BCUT2D eigenvalue weighted by molar-refractivity contribution is 6.46. The maximum absolute atomic E-state index is 13.1. The minimum atomic E-state index is -0.719. The molecular formula is C25H29NO5. The van der Waals surface area contributed by atoms with Crippen LogP contribution < -0.4 is 4.74 Å². The van der Waals surface area contributed by atoms with Gasteiger partial charge in [-0.1, -0.05) is 12.8 Å². The van der Waals surface area contributed by atoms with Crippen molar-refractivity contribution >= 4 is 17.4 Å². The first-order valence-corrected chi connectivity index (χ1v) is 10.9. The Morgan fingerprint density at radius 1 is 1.13 bits per heavy atom. The molecule has 1 saturated heterocycles. The van der Waals surface area contributed by atoms with Crippen LogP contribution in [0.15, 0.2) is 40.3 Å². The van der Waals surface area contributed by atoms with Gasteiger partial charge in [-0.25, -0.2) is 0 Å². The first-order valence-electron chi connectivity index (χ1n) is 10.9. The molecule has 1 amide bonds. The molecule has 1 N–H and O–H groups in total. The smallest absolute Gasteiger partial charge is 0.296 e. The van der Waals surface area contributed by atoms with Crippen LogP contribution in [0.2, 0.25) is 0 Å². The van der Waals surface area contributed by atoms with Crippen LogP contribution in [0.5, 0.6) is 5.75 Å². The van der Waals surface area contributed by atoms with Crippen LogP contribution in [0, 0.1) is 13.8 Å². The Kier molecular flexibility index (Phi) is 5.65. The summed E-state index contributed by atoms with van der Waals surface area (Å²) in [6.07, 6.45) is 3.77. The number of rotatable bonds is 5. The minimum Gasteiger partial charge on any atom is -0.507 e. The predicted octanol–water partition coefficient (Wildman–Crippen LogP) is 5.05. The molecule has 2 fully saturated rings. The van der Waals surface area contributed by atoms with E-state index in [4.69, 9.17) is 9.15 Å². The number of Topliss-reactive ketones (excluding diaryl/α,β-unsaturated/α-hetero) is 1. The van der Waals surface area contributed by atoms with Gasteiger partial charge in [-0.2, -0.15) is 0 Å². The molecule has 164 valence electrons. The summed E-state index contributed by atoms with van der Waals surface area (Å²) < 4.78 is 11.6. The first kappa shape index (κ1) is 21.2. The zero-order chi connectivity index (χ0) is 22.3. The normalized spacial score (nSPS) is 21.5. The molecule has 1 aromatic heterocycles. The number of nitrogens with zero attached hydrogens (tertiary/aromatic N) is 1. The highest BCUT2D eigenvalue weighted by Gasteiger charge is 2.50. The van der Waals surface area contributed by atoms with E-state index in [9.17, 15) is 14.7 Å². The van der Waals surface area contributed by atoms with Gasteiger partial charge in [-0.15, -0.1) is 0 Å². The topological polar surface area (TPSA) is 80.0 Å². The van der Waals surface area contributed by atoms with Crippen LogP contribution in [0.1, 0.15) is 68.2 Å². The fraction of sp³-hybridized carbons (Fsp3) is 0.440. The first-order chi connectivity index (χ1) is 14.8. The van der Waals surface area contributed by atoms with Crippen LogP contribution in [-0.4, -0.2) is 33.8 Å². The van der Waals surface area contributed by atoms with Crippen LogP contribution >= 0.6 is 0 Å². The van der Waals surface area contributed by atoms with Gasteiger partial charge in [0.05, 0.1) is 11.7 Å². The number of aryl methyl sites for hydroxylation is 2. The molecule has 1 aromatic carbocycles. The fourth-order valence-corrected chi connectivity index (χ4v) is 4.63. The predicted molar refractivity (Wildman–Crippen MR) is 117 cm³/mol. The number of likely N-dealkylation sites (tertiary alicyclic amines) is 1. The summed E-state index contributed by atoms with van der Waals surface area (Å²) in [6, 6.07) is 8.12. The number of carbonyl (C=O) groups is 2. The second-order valence-corrected chi connectivity index (χ2v) is 8.74. The molecule has 4 rings (SSSR count). The number of ether oxygens (including phenoxy) is 1. The molecule has 0 spiro atoms. The zero-order valence-corrected chi connectivity index (χ0v) is 18.5. The summed E-state index contributed by atoms with van der Waals surface area (Å²) in [7, 11) is 0. The number of benzene rings is 1. The molecule has 0 bridgehead atoms. The van der Waals surface area contributed by atoms with E-state index in [0.29, 0.717) is 17.1 Å². The van der Waals surface area contributed by atoms with Gasteiger partial charge in [-0.3, -0.25) is 9.59 Å². The molecular weight excluding hydrogens is 394 g/mol. The molecule has 1 aliphatic heterocycles. The van der Waals surface area contributed by atoms with E-state index >= 15 is 0 Å². The average molecular weight is 424 g/mol. The van der Waals surface area contributed by atoms with E-state index in [0.717, 1.165) is 37.0 Å². The van der Waals surface area contributed by atoms with E-state index in [1.54, 1.807) is 29.2 Å². The number of ketones is 1. The van der Waals surface area contributed by atoms with Gasteiger partial charge in [0, 0.05) is 11.6 Å². The van der Waals surface area contributed by atoms with Crippen LogP contribution in [0.25, 0.3) is 5.76 Å². The maximum atomic E-state index is 13.1. The van der Waals surface area contributed by atoms with Gasteiger partial charge in [0.1, 0.15) is 29.1 Å². The highest BCUT2D eigenvalue weighted by atomic mass is 16.5. The monoisotopic (exact) mass is 423 g/mol. The number of carbonyl (C=O) groups excluding carboxylic acids is 2. The number of aliphatic hydroxyl groups excluding tert-OH is 1. The Morgan fingerprint density at radius 2 is 1.84 bits per heavy atom. The van der Waals surface area contributed by atoms with E-state index in [-0.39, 0.29) is 23.5 Å². The second-order valence-electron chi connectivity index (χ2n) is 8.74. The standard InChI is InChI=1S/C25H29NO5/c1-14(2)30-19-12-10-17(13-15(19)3)23(27)21-22(20-11-9-16(4)31-20)26(25(29)24(21)28)18-7-5-6-8-18/h9-14,18,22,27H,5-8H2,1-4H3/b23-21-. The lowest BCUT2D eigenvalue weighted by Gasteiger charge is -2.29. The molecule has 31 heavy (non-hydrogen) atoms. The van der Waals surface area contributed by atoms with Crippen LogP contribution in [0.4, 0.5) is 0 Å². The minimum absolute atomic E-state index is 0.0251. The van der Waals surface area contributed by atoms with Crippen molar-refractivity contribution in [2.75, 3.05) is 0 Å². The number of aliphatic hydroxyl groups is 1. The number of amides is 1. The summed E-state index contributed by atoms with van der Waals surface area (Å²) in [4.78, 5) is 27.8. The summed E-state index contributed by atoms with van der Waals surface area (Å²) >= 11 is 0. The lowest BCUT2D eigenvalue weighted by molar-refractivity contribution is -0.141. The molecule has 1 saturated carbocycles. The van der Waals surface area contributed by atoms with E-state index in [1.807, 2.05) is 33.8 Å². The molecule has 6 nitrogen and oxygen atoms in total. The molecule has 1 atom stereocenters. The van der Waals surface area contributed by atoms with Gasteiger partial charge < -0.3 is 19.2 Å². The van der Waals surface area contributed by atoms with Crippen molar-refractivity contribution in [1.82, 2.24) is 4.90 Å². The largest absolute Gasteiger partial charge is 0.507 e. The van der Waals surface area contributed by atoms with Gasteiger partial charge >= 0.3 is 0 Å².